The fraction of sp³-hybridized carbons (Fsp3) is 0.529. The molecule has 1 fully saturated rings. The Morgan fingerprint density at radius 2 is 2.12 bits per heavy atom. The number of para-hydroxylation sites is 2. The molecule has 8 heteroatoms. The van der Waals surface area contributed by atoms with Crippen molar-refractivity contribution in [3.8, 4) is 0 Å². The number of nitrogens with one attached hydrogen (secondary N) is 1. The van der Waals surface area contributed by atoms with Gasteiger partial charge in [0.2, 0.25) is 0 Å². The molecule has 1 N–H and O–H groups in total. The van der Waals surface area contributed by atoms with Crippen LogP contribution in [0.1, 0.15) is 18.7 Å². The fourth-order valence-electron chi connectivity index (χ4n) is 3.29. The molecule has 1 atom stereocenters. The van der Waals surface area contributed by atoms with E-state index in [0.717, 1.165) is 16.9 Å². The molecule has 0 saturated carbocycles. The number of aromatic nitrogens is 2. The number of urea groups is 1. The molecule has 136 valence electrons. The molecule has 0 spiro atoms. The molecule has 1 aromatic heterocycles. The number of hydrogen-bond acceptors (Lipinski definition) is 2. The molecule has 0 bridgehead atoms. The zero-order valence-corrected chi connectivity index (χ0v) is 14.0. The lowest BCUT2D eigenvalue weighted by molar-refractivity contribution is -0.183. The molecule has 2 heterocycles. The number of rotatable bonds is 3. The average molecular weight is 354 g/mol. The first-order valence-corrected chi connectivity index (χ1v) is 8.37. The summed E-state index contributed by atoms with van der Waals surface area (Å²) in [5.41, 5.74) is 1.86. The van der Waals surface area contributed by atoms with Crippen molar-refractivity contribution in [3.05, 3.63) is 30.1 Å². The normalized spacial score (nSPS) is 18.6. The van der Waals surface area contributed by atoms with E-state index in [4.69, 9.17) is 0 Å². The summed E-state index contributed by atoms with van der Waals surface area (Å²) in [4.78, 5) is 17.9. The second-order valence-electron chi connectivity index (χ2n) is 6.36. The summed E-state index contributed by atoms with van der Waals surface area (Å²) in [7, 11) is 0. The number of benzene rings is 1. The van der Waals surface area contributed by atoms with Gasteiger partial charge in [0.1, 0.15) is 5.82 Å². The number of carbonyl (C=O) groups excluding carboxylic acids is 1. The minimum atomic E-state index is -4.24. The number of amides is 2. The largest absolute Gasteiger partial charge is 0.393 e. The Bertz CT molecular complexity index is 756. The summed E-state index contributed by atoms with van der Waals surface area (Å²) < 4.78 is 40.5. The standard InChI is InChI=1S/C17H21F3N4O/c1-12-22-14-6-2-3-7-15(14)24(12)10-8-21-16(25)23-9-4-5-13(11-23)17(18,19)20/h2-3,6-7,13H,4-5,8-11H2,1H3,(H,21,25). The topological polar surface area (TPSA) is 50.2 Å². The SMILES string of the molecule is Cc1nc2ccccc2n1CCNC(=O)N1CCCC(C(F)(F)F)C1. The Hall–Kier alpha value is -2.25. The predicted molar refractivity (Wildman–Crippen MR) is 88.2 cm³/mol. The second-order valence-corrected chi connectivity index (χ2v) is 6.36. The van der Waals surface area contributed by atoms with Gasteiger partial charge >= 0.3 is 12.2 Å². The van der Waals surface area contributed by atoms with Gasteiger partial charge in [-0.05, 0) is 31.9 Å². The van der Waals surface area contributed by atoms with E-state index in [1.807, 2.05) is 35.8 Å². The zero-order valence-electron chi connectivity index (χ0n) is 14.0. The van der Waals surface area contributed by atoms with Gasteiger partial charge in [-0.1, -0.05) is 12.1 Å². The molecular weight excluding hydrogens is 333 g/mol. The summed E-state index contributed by atoms with van der Waals surface area (Å²) in [6, 6.07) is 7.27. The van der Waals surface area contributed by atoms with Gasteiger partial charge in [0.05, 0.1) is 17.0 Å². The first-order valence-electron chi connectivity index (χ1n) is 8.37. The lowest BCUT2D eigenvalue weighted by Crippen LogP contribution is -2.49. The van der Waals surface area contributed by atoms with Crippen LogP contribution in [-0.4, -0.2) is 46.3 Å². The number of imidazole rings is 1. The Morgan fingerprint density at radius 1 is 1.36 bits per heavy atom. The molecule has 5 nitrogen and oxygen atoms in total. The molecule has 3 rings (SSSR count). The second kappa shape index (κ2) is 6.93. The highest BCUT2D eigenvalue weighted by Crippen LogP contribution is 2.33. The molecule has 0 radical (unpaired) electrons. The highest BCUT2D eigenvalue weighted by Gasteiger charge is 2.42. The van der Waals surface area contributed by atoms with Crippen molar-refractivity contribution in [1.82, 2.24) is 19.8 Å². The smallest absolute Gasteiger partial charge is 0.336 e. The van der Waals surface area contributed by atoms with Crippen LogP contribution >= 0.6 is 0 Å². The Labute approximate surface area is 143 Å². The van der Waals surface area contributed by atoms with Crippen molar-refractivity contribution in [3.63, 3.8) is 0 Å². The quantitative estimate of drug-likeness (QED) is 0.919. The van der Waals surface area contributed by atoms with Crippen LogP contribution < -0.4 is 5.32 Å². The van der Waals surface area contributed by atoms with E-state index in [9.17, 15) is 18.0 Å². The van der Waals surface area contributed by atoms with Crippen molar-refractivity contribution in [2.24, 2.45) is 5.92 Å². The molecule has 1 aliphatic heterocycles. The fourth-order valence-corrected chi connectivity index (χ4v) is 3.29. The number of fused-ring (bicyclic) bond motifs is 1. The van der Waals surface area contributed by atoms with E-state index in [0.29, 0.717) is 26.1 Å². The number of nitrogens with zero attached hydrogens (tertiary/aromatic N) is 3. The Morgan fingerprint density at radius 3 is 2.88 bits per heavy atom. The van der Waals surface area contributed by atoms with Crippen molar-refractivity contribution >= 4 is 17.1 Å². The molecular formula is C17H21F3N4O. The minimum absolute atomic E-state index is 0.0908. The van der Waals surface area contributed by atoms with Crippen LogP contribution in [0.2, 0.25) is 0 Å². The molecule has 2 amide bonds. The Balaban J connectivity index is 1.56. The van der Waals surface area contributed by atoms with Crippen LogP contribution in [-0.2, 0) is 6.54 Å². The van der Waals surface area contributed by atoms with Gasteiger partial charge in [0, 0.05) is 26.2 Å². The minimum Gasteiger partial charge on any atom is -0.336 e. The van der Waals surface area contributed by atoms with E-state index in [1.54, 1.807) is 0 Å². The van der Waals surface area contributed by atoms with Crippen LogP contribution in [0.25, 0.3) is 11.0 Å². The van der Waals surface area contributed by atoms with Crippen molar-refractivity contribution in [2.75, 3.05) is 19.6 Å². The van der Waals surface area contributed by atoms with E-state index < -0.39 is 18.1 Å². The van der Waals surface area contributed by atoms with Gasteiger partial charge in [0.25, 0.3) is 0 Å². The predicted octanol–water partition coefficient (Wildman–Crippen LogP) is 3.33. The lowest BCUT2D eigenvalue weighted by atomic mass is 9.98. The number of piperidine rings is 1. The molecule has 1 aliphatic rings. The number of halogens is 3. The summed E-state index contributed by atoms with van der Waals surface area (Å²) in [5.74, 6) is -0.586. The number of likely N-dealkylation sites (tertiary alicyclic amines) is 1. The van der Waals surface area contributed by atoms with Gasteiger partial charge < -0.3 is 14.8 Å². The van der Waals surface area contributed by atoms with E-state index in [-0.39, 0.29) is 13.0 Å². The average Bonchev–Trinajstić information content (AvgIpc) is 2.90. The number of carbonyl (C=O) groups is 1. The zero-order chi connectivity index (χ0) is 18.0. The number of alkyl halides is 3. The first-order chi connectivity index (χ1) is 11.9. The maximum absolute atomic E-state index is 12.8. The monoisotopic (exact) mass is 354 g/mol. The van der Waals surface area contributed by atoms with Gasteiger partial charge in [-0.2, -0.15) is 13.2 Å². The molecule has 25 heavy (non-hydrogen) atoms. The highest BCUT2D eigenvalue weighted by atomic mass is 19.4. The van der Waals surface area contributed by atoms with Gasteiger partial charge in [-0.3, -0.25) is 0 Å². The maximum Gasteiger partial charge on any atom is 0.393 e. The van der Waals surface area contributed by atoms with Crippen LogP contribution in [0.4, 0.5) is 18.0 Å². The van der Waals surface area contributed by atoms with Crippen LogP contribution in [0.5, 0.6) is 0 Å². The van der Waals surface area contributed by atoms with Crippen molar-refractivity contribution in [1.29, 1.82) is 0 Å². The van der Waals surface area contributed by atoms with Crippen LogP contribution in [0.3, 0.4) is 0 Å². The third kappa shape index (κ3) is 3.88. The molecule has 0 aliphatic carbocycles. The van der Waals surface area contributed by atoms with E-state index in [1.165, 1.54) is 4.90 Å². The van der Waals surface area contributed by atoms with E-state index in [2.05, 4.69) is 10.3 Å². The van der Waals surface area contributed by atoms with Crippen molar-refractivity contribution in [2.45, 2.75) is 32.5 Å². The summed E-state index contributed by atoms with van der Waals surface area (Å²) >= 11 is 0. The molecule has 1 saturated heterocycles. The number of hydrogen-bond donors (Lipinski definition) is 1. The van der Waals surface area contributed by atoms with Crippen molar-refractivity contribution < 1.29 is 18.0 Å². The molecule has 1 aromatic carbocycles. The molecule has 2 aromatic rings. The van der Waals surface area contributed by atoms with E-state index >= 15 is 0 Å². The summed E-state index contributed by atoms with van der Waals surface area (Å²) in [6.45, 7) is 2.86. The van der Waals surface area contributed by atoms with Gasteiger partial charge in [-0.25, -0.2) is 9.78 Å². The Kier molecular flexibility index (Phi) is 4.87. The lowest BCUT2D eigenvalue weighted by Gasteiger charge is -2.33. The van der Waals surface area contributed by atoms with Crippen LogP contribution in [0.15, 0.2) is 24.3 Å². The molecule has 1 unspecified atom stereocenters. The number of aryl methyl sites for hydroxylation is 1. The van der Waals surface area contributed by atoms with Gasteiger partial charge in [0.15, 0.2) is 0 Å². The van der Waals surface area contributed by atoms with Crippen LogP contribution in [0, 0.1) is 12.8 Å². The third-order valence-electron chi connectivity index (χ3n) is 4.63. The summed E-state index contributed by atoms with van der Waals surface area (Å²) in [5, 5.41) is 2.73. The van der Waals surface area contributed by atoms with Gasteiger partial charge in [-0.15, -0.1) is 0 Å². The third-order valence-corrected chi connectivity index (χ3v) is 4.63. The highest BCUT2D eigenvalue weighted by molar-refractivity contribution is 5.76. The first kappa shape index (κ1) is 17.6. The maximum atomic E-state index is 12.8. The summed E-state index contributed by atoms with van der Waals surface area (Å²) in [6.07, 6.45) is -3.78.